The molecular weight excluding hydrogens is 568 g/mol. The molecule has 0 saturated carbocycles. The van der Waals surface area contributed by atoms with Crippen LogP contribution in [0.5, 0.6) is 0 Å². The maximum absolute atomic E-state index is 14.4. The van der Waals surface area contributed by atoms with Crippen LogP contribution in [0.15, 0.2) is 102 Å². The fraction of sp³-hybridized carbons (Fsp3) is 0.314. The highest BCUT2D eigenvalue weighted by atomic mass is 16.6. The zero-order valence-electron chi connectivity index (χ0n) is 26.2. The normalized spacial score (nSPS) is 15.1. The van der Waals surface area contributed by atoms with E-state index in [4.69, 9.17) is 4.74 Å². The molecular formula is C35H40N6O4. The van der Waals surface area contributed by atoms with Crippen LogP contribution in [0.25, 0.3) is 0 Å². The number of aromatic nitrogens is 2. The number of carbonyl (C=O) groups is 1. The third-order valence-electron chi connectivity index (χ3n) is 8.20. The van der Waals surface area contributed by atoms with E-state index in [2.05, 4.69) is 46.1 Å². The zero-order chi connectivity index (χ0) is 31.9. The Balaban J connectivity index is 1.53. The molecule has 1 aliphatic rings. The van der Waals surface area contributed by atoms with Gasteiger partial charge in [-0.15, -0.1) is 0 Å². The van der Waals surface area contributed by atoms with E-state index in [1.54, 1.807) is 12.3 Å². The number of carbonyl (C=O) groups excluding carboxylic acids is 1. The van der Waals surface area contributed by atoms with E-state index in [-0.39, 0.29) is 5.69 Å². The summed E-state index contributed by atoms with van der Waals surface area (Å²) in [7, 11) is 2.01. The number of anilines is 1. The van der Waals surface area contributed by atoms with E-state index in [1.165, 1.54) is 12.1 Å². The van der Waals surface area contributed by atoms with Gasteiger partial charge >= 0.3 is 5.97 Å². The van der Waals surface area contributed by atoms with Gasteiger partial charge in [0, 0.05) is 37.5 Å². The lowest BCUT2D eigenvalue weighted by atomic mass is 9.94. The summed E-state index contributed by atoms with van der Waals surface area (Å²) < 4.78 is 8.35. The largest absolute Gasteiger partial charge is 0.453 e. The van der Waals surface area contributed by atoms with Crippen molar-refractivity contribution in [2.24, 2.45) is 0 Å². The summed E-state index contributed by atoms with van der Waals surface area (Å²) in [4.78, 5) is 34.8. The molecule has 0 radical (unpaired) electrons. The Morgan fingerprint density at radius 3 is 2.38 bits per heavy atom. The van der Waals surface area contributed by atoms with Gasteiger partial charge in [0.25, 0.3) is 5.69 Å². The van der Waals surface area contributed by atoms with Gasteiger partial charge < -0.3 is 14.6 Å². The Kier molecular flexibility index (Phi) is 10.1. The Morgan fingerprint density at radius 1 is 1.02 bits per heavy atom. The summed E-state index contributed by atoms with van der Waals surface area (Å²) in [5, 5.41) is 15.1. The van der Waals surface area contributed by atoms with Crippen LogP contribution in [0, 0.1) is 10.1 Å². The topological polar surface area (TPSA) is 106 Å². The Bertz CT molecular complexity index is 1650. The number of likely N-dealkylation sites (N-methyl/N-ethyl adjacent to an activating group) is 1. The molecule has 45 heavy (non-hydrogen) atoms. The molecule has 0 bridgehead atoms. The number of nitro benzene ring substituents is 1. The minimum atomic E-state index is -0.680. The number of rotatable bonds is 13. The summed E-state index contributed by atoms with van der Waals surface area (Å²) in [6.07, 6.45) is 1.25. The van der Waals surface area contributed by atoms with E-state index >= 15 is 0 Å². The lowest BCUT2D eigenvalue weighted by Crippen LogP contribution is -2.33. The minimum absolute atomic E-state index is 0.0481. The summed E-state index contributed by atoms with van der Waals surface area (Å²) in [5.74, 6) is 0.0801. The smallest absolute Gasteiger partial charge is 0.338 e. The lowest BCUT2D eigenvalue weighted by Gasteiger charge is -2.33. The highest BCUT2D eigenvalue weighted by Crippen LogP contribution is 2.39. The maximum Gasteiger partial charge on any atom is 0.338 e. The molecule has 2 heterocycles. The second-order valence-corrected chi connectivity index (χ2v) is 11.3. The highest BCUT2D eigenvalue weighted by Gasteiger charge is 2.37. The van der Waals surface area contributed by atoms with Crippen LogP contribution in [0.1, 0.15) is 55.3 Å². The first kappa shape index (κ1) is 31.6. The van der Waals surface area contributed by atoms with E-state index < -0.39 is 23.0 Å². The first-order valence-electron chi connectivity index (χ1n) is 15.3. The fourth-order valence-corrected chi connectivity index (χ4v) is 5.84. The number of nitro groups is 1. The SMILES string of the molecule is CCN(CC)Cc1cnc2n1C(c1cccc([N+](=O)[O-])c1)C(C(=O)OC(CN(C)Cc1ccccc1)c1ccccc1)=C(C)N2. The Labute approximate surface area is 264 Å². The molecule has 1 aliphatic heterocycles. The molecule has 0 aliphatic carbocycles. The fourth-order valence-electron chi connectivity index (χ4n) is 5.84. The van der Waals surface area contributed by atoms with Gasteiger partial charge in [-0.05, 0) is 43.8 Å². The van der Waals surface area contributed by atoms with Crippen LogP contribution in [-0.2, 0) is 22.6 Å². The molecule has 2 unspecified atom stereocenters. The van der Waals surface area contributed by atoms with Gasteiger partial charge in [-0.2, -0.15) is 0 Å². The van der Waals surface area contributed by atoms with Gasteiger partial charge in [-0.1, -0.05) is 86.6 Å². The maximum atomic E-state index is 14.4. The summed E-state index contributed by atoms with van der Waals surface area (Å²) in [5.41, 5.74) is 4.46. The minimum Gasteiger partial charge on any atom is -0.453 e. The van der Waals surface area contributed by atoms with Gasteiger partial charge in [0.2, 0.25) is 5.95 Å². The lowest BCUT2D eigenvalue weighted by molar-refractivity contribution is -0.384. The summed E-state index contributed by atoms with van der Waals surface area (Å²) >= 11 is 0. The molecule has 0 fully saturated rings. The molecule has 1 aromatic heterocycles. The first-order chi connectivity index (χ1) is 21.8. The molecule has 1 N–H and O–H groups in total. The number of hydrogen-bond acceptors (Lipinski definition) is 8. The van der Waals surface area contributed by atoms with E-state index in [9.17, 15) is 14.9 Å². The molecule has 10 heteroatoms. The van der Waals surface area contributed by atoms with Gasteiger partial charge in [-0.25, -0.2) is 9.78 Å². The van der Waals surface area contributed by atoms with Gasteiger partial charge in [-0.3, -0.25) is 19.9 Å². The van der Waals surface area contributed by atoms with Crippen LogP contribution in [0.3, 0.4) is 0 Å². The Hall–Kier alpha value is -4.80. The average molecular weight is 609 g/mol. The number of non-ortho nitro benzene ring substituents is 1. The molecule has 4 aromatic rings. The second kappa shape index (κ2) is 14.3. The summed E-state index contributed by atoms with van der Waals surface area (Å²) in [6.45, 7) is 9.45. The number of hydrogen-bond donors (Lipinski definition) is 1. The van der Waals surface area contributed by atoms with Crippen molar-refractivity contribution >= 4 is 17.6 Å². The monoisotopic (exact) mass is 608 g/mol. The van der Waals surface area contributed by atoms with E-state index in [0.29, 0.717) is 42.4 Å². The van der Waals surface area contributed by atoms with Crippen LogP contribution < -0.4 is 5.32 Å². The zero-order valence-corrected chi connectivity index (χ0v) is 26.2. The van der Waals surface area contributed by atoms with Crippen molar-refractivity contribution in [2.75, 3.05) is 32.0 Å². The van der Waals surface area contributed by atoms with Crippen molar-refractivity contribution in [2.45, 2.75) is 46.0 Å². The van der Waals surface area contributed by atoms with Crippen LogP contribution >= 0.6 is 0 Å². The molecule has 3 aromatic carbocycles. The van der Waals surface area contributed by atoms with Crippen LogP contribution in [-0.4, -0.2) is 56.9 Å². The van der Waals surface area contributed by atoms with Crippen molar-refractivity contribution in [3.8, 4) is 0 Å². The third-order valence-corrected chi connectivity index (χ3v) is 8.20. The van der Waals surface area contributed by atoms with Gasteiger partial charge in [0.1, 0.15) is 6.10 Å². The number of fused-ring (bicyclic) bond motifs is 1. The quantitative estimate of drug-likeness (QED) is 0.107. The Morgan fingerprint density at radius 2 is 1.71 bits per heavy atom. The van der Waals surface area contributed by atoms with Crippen molar-refractivity contribution < 1.29 is 14.5 Å². The molecule has 0 amide bonds. The third kappa shape index (κ3) is 7.30. The molecule has 234 valence electrons. The van der Waals surface area contributed by atoms with Gasteiger partial charge in [0.15, 0.2) is 0 Å². The number of allylic oxidation sites excluding steroid dienone is 1. The number of imidazole rings is 1. The first-order valence-corrected chi connectivity index (χ1v) is 15.3. The molecule has 5 rings (SSSR count). The van der Waals surface area contributed by atoms with Crippen LogP contribution in [0.2, 0.25) is 0 Å². The van der Waals surface area contributed by atoms with E-state index in [1.807, 2.05) is 73.1 Å². The molecule has 0 spiro atoms. The van der Waals surface area contributed by atoms with Crippen molar-refractivity contribution in [3.05, 3.63) is 135 Å². The van der Waals surface area contributed by atoms with Crippen molar-refractivity contribution in [1.82, 2.24) is 19.4 Å². The number of esters is 1. The highest BCUT2D eigenvalue weighted by molar-refractivity contribution is 5.92. The number of benzene rings is 3. The standard InChI is InChI=1S/C35H40N6O4/c1-5-39(6-2)23-30-21-36-35-37-25(3)32(33(40(30)35)28-18-13-19-29(20-28)41(43)44)34(42)45-31(27-16-11-8-12-17-27)24-38(4)22-26-14-9-7-10-15-26/h7-21,31,33H,5-6,22-24H2,1-4H3,(H,36,37). The average Bonchev–Trinajstić information content (AvgIpc) is 3.45. The number of nitrogens with zero attached hydrogens (tertiary/aromatic N) is 5. The van der Waals surface area contributed by atoms with Crippen molar-refractivity contribution in [1.29, 1.82) is 0 Å². The molecule has 0 saturated heterocycles. The number of ether oxygens (including phenoxy) is 1. The molecule has 2 atom stereocenters. The predicted octanol–water partition coefficient (Wildman–Crippen LogP) is 6.34. The van der Waals surface area contributed by atoms with Crippen molar-refractivity contribution in [3.63, 3.8) is 0 Å². The summed E-state index contributed by atoms with van der Waals surface area (Å²) in [6, 6.07) is 25.7. The van der Waals surface area contributed by atoms with E-state index in [0.717, 1.165) is 29.9 Å². The number of nitrogens with one attached hydrogen (secondary N) is 1. The van der Waals surface area contributed by atoms with Gasteiger partial charge in [0.05, 0.1) is 28.4 Å². The predicted molar refractivity (Wildman–Crippen MR) is 174 cm³/mol. The van der Waals surface area contributed by atoms with Crippen LogP contribution in [0.4, 0.5) is 11.6 Å². The second-order valence-electron chi connectivity index (χ2n) is 11.3. The molecule has 10 nitrogen and oxygen atoms in total.